The zero-order chi connectivity index (χ0) is 21.3. The summed E-state index contributed by atoms with van der Waals surface area (Å²) in [5.41, 5.74) is 2.93. The van der Waals surface area contributed by atoms with Crippen LogP contribution in [0.3, 0.4) is 0 Å². The lowest BCUT2D eigenvalue weighted by Gasteiger charge is -2.12. The molecule has 2 aromatic carbocycles. The molecule has 30 heavy (non-hydrogen) atoms. The number of carbonyl (C=O) groups is 2. The van der Waals surface area contributed by atoms with E-state index in [0.717, 1.165) is 36.6 Å². The molecule has 1 aromatic heterocycles. The fourth-order valence-electron chi connectivity index (χ4n) is 3.55. The summed E-state index contributed by atoms with van der Waals surface area (Å²) in [5, 5.41) is 14.0. The molecule has 152 valence electrons. The lowest BCUT2D eigenvalue weighted by Crippen LogP contribution is -2.22. The van der Waals surface area contributed by atoms with Gasteiger partial charge in [0.15, 0.2) is 6.61 Å². The van der Waals surface area contributed by atoms with Gasteiger partial charge in [0.05, 0.1) is 26.7 Å². The SMILES string of the molecule is O=C(COC(=O)c1c2c(nc3ccccc13)CCC2)Nc1ccc([N+](=O)[O-])cc1Cl. The fourth-order valence-corrected chi connectivity index (χ4v) is 3.77. The molecule has 0 radical (unpaired) electrons. The van der Waals surface area contributed by atoms with E-state index in [9.17, 15) is 19.7 Å². The van der Waals surface area contributed by atoms with Crippen LogP contribution >= 0.6 is 11.6 Å². The number of carbonyl (C=O) groups excluding carboxylic acids is 2. The van der Waals surface area contributed by atoms with Crippen molar-refractivity contribution in [2.75, 3.05) is 11.9 Å². The van der Waals surface area contributed by atoms with Gasteiger partial charge in [-0.2, -0.15) is 0 Å². The van der Waals surface area contributed by atoms with E-state index in [1.807, 2.05) is 24.3 Å². The van der Waals surface area contributed by atoms with E-state index in [1.165, 1.54) is 12.1 Å². The first-order valence-corrected chi connectivity index (χ1v) is 9.63. The van der Waals surface area contributed by atoms with Crippen molar-refractivity contribution >= 4 is 45.8 Å². The molecule has 3 aromatic rings. The molecule has 0 atom stereocenters. The van der Waals surface area contributed by atoms with Crippen molar-refractivity contribution in [3.63, 3.8) is 0 Å². The number of pyridine rings is 1. The van der Waals surface area contributed by atoms with Crippen LogP contribution in [-0.4, -0.2) is 28.4 Å². The number of esters is 1. The Morgan fingerprint density at radius 1 is 1.20 bits per heavy atom. The second-order valence-corrected chi connectivity index (χ2v) is 7.24. The molecule has 1 heterocycles. The number of para-hydroxylation sites is 1. The molecule has 0 fully saturated rings. The maximum Gasteiger partial charge on any atom is 0.339 e. The lowest BCUT2D eigenvalue weighted by atomic mass is 10.0. The first kappa shape index (κ1) is 19.8. The number of hydrogen-bond acceptors (Lipinski definition) is 6. The van der Waals surface area contributed by atoms with Crippen molar-refractivity contribution in [2.45, 2.75) is 19.3 Å². The average Bonchev–Trinajstić information content (AvgIpc) is 3.19. The molecule has 0 bridgehead atoms. The molecule has 1 amide bonds. The Kier molecular flexibility index (Phi) is 5.33. The zero-order valence-electron chi connectivity index (χ0n) is 15.7. The van der Waals surface area contributed by atoms with Crippen LogP contribution in [0.5, 0.6) is 0 Å². The van der Waals surface area contributed by atoms with E-state index in [4.69, 9.17) is 16.3 Å². The van der Waals surface area contributed by atoms with E-state index in [2.05, 4.69) is 10.3 Å². The summed E-state index contributed by atoms with van der Waals surface area (Å²) in [6.07, 6.45) is 2.46. The van der Waals surface area contributed by atoms with E-state index in [0.29, 0.717) is 16.5 Å². The summed E-state index contributed by atoms with van der Waals surface area (Å²) in [5.74, 6) is -1.19. The summed E-state index contributed by atoms with van der Waals surface area (Å²) in [6, 6.07) is 11.0. The van der Waals surface area contributed by atoms with Crippen molar-refractivity contribution in [1.82, 2.24) is 4.98 Å². The number of benzene rings is 2. The second-order valence-electron chi connectivity index (χ2n) is 6.83. The maximum atomic E-state index is 12.8. The highest BCUT2D eigenvalue weighted by atomic mass is 35.5. The quantitative estimate of drug-likeness (QED) is 0.374. The summed E-state index contributed by atoms with van der Waals surface area (Å²) in [6.45, 7) is -0.516. The molecule has 4 rings (SSSR count). The standard InChI is InChI=1S/C21H16ClN3O5/c22-15-10-12(25(28)29)8-9-18(15)24-19(26)11-30-21(27)20-13-4-1-2-6-16(13)23-17-7-3-5-14(17)20/h1-2,4,6,8-10H,3,5,7,11H2,(H,24,26). The molecule has 0 unspecified atom stereocenters. The van der Waals surface area contributed by atoms with Gasteiger partial charge in [0.25, 0.3) is 11.6 Å². The molecule has 0 spiro atoms. The third-order valence-electron chi connectivity index (χ3n) is 4.90. The smallest absolute Gasteiger partial charge is 0.339 e. The normalized spacial score (nSPS) is 12.4. The summed E-state index contributed by atoms with van der Waals surface area (Å²) >= 11 is 5.97. The number of halogens is 1. The van der Waals surface area contributed by atoms with Gasteiger partial charge in [-0.1, -0.05) is 29.8 Å². The number of aryl methyl sites for hydroxylation is 1. The Hall–Kier alpha value is -3.52. The number of nitro groups is 1. The van der Waals surface area contributed by atoms with Crippen LogP contribution in [0, 0.1) is 10.1 Å². The molecule has 1 N–H and O–H groups in total. The minimum absolute atomic E-state index is 0.0156. The Morgan fingerprint density at radius 3 is 2.77 bits per heavy atom. The molecule has 1 aliphatic rings. The van der Waals surface area contributed by atoms with Gasteiger partial charge >= 0.3 is 5.97 Å². The monoisotopic (exact) mass is 425 g/mol. The number of aromatic nitrogens is 1. The van der Waals surface area contributed by atoms with Gasteiger partial charge in [0, 0.05) is 23.2 Å². The van der Waals surface area contributed by atoms with Gasteiger partial charge in [-0.05, 0) is 37.0 Å². The Morgan fingerprint density at radius 2 is 2.00 bits per heavy atom. The van der Waals surface area contributed by atoms with Gasteiger partial charge in [-0.25, -0.2) is 4.79 Å². The van der Waals surface area contributed by atoms with Crippen molar-refractivity contribution < 1.29 is 19.2 Å². The molecule has 0 saturated carbocycles. The average molecular weight is 426 g/mol. The number of hydrogen-bond donors (Lipinski definition) is 1. The van der Waals surface area contributed by atoms with Crippen LogP contribution in [0.1, 0.15) is 28.0 Å². The van der Waals surface area contributed by atoms with Crippen molar-refractivity contribution in [2.24, 2.45) is 0 Å². The highest BCUT2D eigenvalue weighted by Crippen LogP contribution is 2.30. The van der Waals surface area contributed by atoms with Crippen LogP contribution in [0.15, 0.2) is 42.5 Å². The molecular weight excluding hydrogens is 410 g/mol. The lowest BCUT2D eigenvalue weighted by molar-refractivity contribution is -0.384. The molecule has 0 aliphatic heterocycles. The third kappa shape index (κ3) is 3.81. The number of fused-ring (bicyclic) bond motifs is 2. The van der Waals surface area contributed by atoms with E-state index >= 15 is 0 Å². The van der Waals surface area contributed by atoms with Gasteiger partial charge in [-0.15, -0.1) is 0 Å². The minimum atomic E-state index is -0.603. The molecule has 1 aliphatic carbocycles. The van der Waals surface area contributed by atoms with Crippen molar-refractivity contribution in [3.05, 3.63) is 74.4 Å². The van der Waals surface area contributed by atoms with E-state index < -0.39 is 23.4 Å². The van der Waals surface area contributed by atoms with Crippen LogP contribution in [0.25, 0.3) is 10.9 Å². The van der Waals surface area contributed by atoms with Crippen LogP contribution in [-0.2, 0) is 22.4 Å². The zero-order valence-corrected chi connectivity index (χ0v) is 16.4. The van der Waals surface area contributed by atoms with Gasteiger partial charge < -0.3 is 10.1 Å². The Bertz CT molecular complexity index is 1190. The summed E-state index contributed by atoms with van der Waals surface area (Å²) < 4.78 is 5.27. The predicted molar refractivity (Wildman–Crippen MR) is 111 cm³/mol. The number of nitrogens with zero attached hydrogens (tertiary/aromatic N) is 2. The van der Waals surface area contributed by atoms with Crippen molar-refractivity contribution in [3.8, 4) is 0 Å². The topological polar surface area (TPSA) is 111 Å². The van der Waals surface area contributed by atoms with Gasteiger partial charge in [-0.3, -0.25) is 19.9 Å². The van der Waals surface area contributed by atoms with Crippen LogP contribution < -0.4 is 5.32 Å². The van der Waals surface area contributed by atoms with E-state index in [-0.39, 0.29) is 16.4 Å². The molecular formula is C21H16ClN3O5. The number of nitro benzene ring substituents is 1. The van der Waals surface area contributed by atoms with Crippen LogP contribution in [0.2, 0.25) is 5.02 Å². The molecule has 8 nitrogen and oxygen atoms in total. The van der Waals surface area contributed by atoms with Crippen molar-refractivity contribution in [1.29, 1.82) is 0 Å². The Balaban J connectivity index is 1.49. The first-order valence-electron chi connectivity index (χ1n) is 9.25. The number of ether oxygens (including phenoxy) is 1. The van der Waals surface area contributed by atoms with E-state index in [1.54, 1.807) is 0 Å². The maximum absolute atomic E-state index is 12.8. The summed E-state index contributed by atoms with van der Waals surface area (Å²) in [7, 11) is 0. The Labute approximate surface area is 176 Å². The predicted octanol–water partition coefficient (Wildman–Crippen LogP) is 4.08. The minimum Gasteiger partial charge on any atom is -0.452 e. The largest absolute Gasteiger partial charge is 0.452 e. The number of nitrogens with one attached hydrogen (secondary N) is 1. The fraction of sp³-hybridized carbons (Fsp3) is 0.190. The van der Waals surface area contributed by atoms with Gasteiger partial charge in [0.1, 0.15) is 0 Å². The summed E-state index contributed by atoms with van der Waals surface area (Å²) in [4.78, 5) is 39.9. The molecule has 9 heteroatoms. The highest BCUT2D eigenvalue weighted by molar-refractivity contribution is 6.34. The number of anilines is 1. The third-order valence-corrected chi connectivity index (χ3v) is 5.21. The highest BCUT2D eigenvalue weighted by Gasteiger charge is 2.25. The molecule has 0 saturated heterocycles. The number of rotatable bonds is 5. The van der Waals surface area contributed by atoms with Crippen LogP contribution in [0.4, 0.5) is 11.4 Å². The van der Waals surface area contributed by atoms with Gasteiger partial charge in [0.2, 0.25) is 0 Å². The first-order chi connectivity index (χ1) is 14.4. The number of non-ortho nitro benzene ring substituents is 1. The number of amides is 1. The second kappa shape index (κ2) is 8.08.